The van der Waals surface area contributed by atoms with Crippen molar-refractivity contribution in [3.63, 3.8) is 0 Å². The Hall–Kier alpha value is -1.42. The Labute approximate surface area is 102 Å². The number of aryl methyl sites for hydroxylation is 1. The Bertz CT molecular complexity index is 377. The summed E-state index contributed by atoms with van der Waals surface area (Å²) in [5.74, 6) is 0.176. The van der Waals surface area contributed by atoms with Gasteiger partial charge in [-0.15, -0.1) is 0 Å². The number of rotatable bonds is 5. The van der Waals surface area contributed by atoms with Crippen molar-refractivity contribution >= 4 is 5.91 Å². The van der Waals surface area contributed by atoms with Gasteiger partial charge in [-0.3, -0.25) is 4.79 Å². The highest BCUT2D eigenvalue weighted by Crippen LogP contribution is 2.04. The van der Waals surface area contributed by atoms with E-state index in [1.165, 1.54) is 0 Å². The molecule has 1 atom stereocenters. The van der Waals surface area contributed by atoms with Crippen LogP contribution in [0.1, 0.15) is 36.5 Å². The van der Waals surface area contributed by atoms with Crippen molar-refractivity contribution in [3.05, 3.63) is 29.6 Å². The van der Waals surface area contributed by atoms with Crippen molar-refractivity contribution in [2.24, 2.45) is 5.92 Å². The zero-order valence-corrected chi connectivity index (χ0v) is 10.6. The van der Waals surface area contributed by atoms with Crippen LogP contribution in [-0.4, -0.2) is 28.6 Å². The van der Waals surface area contributed by atoms with Crippen LogP contribution in [0.4, 0.5) is 0 Å². The fourth-order valence-electron chi connectivity index (χ4n) is 1.60. The van der Waals surface area contributed by atoms with Gasteiger partial charge in [-0.2, -0.15) is 0 Å². The van der Waals surface area contributed by atoms with E-state index >= 15 is 0 Å². The first-order valence-electron chi connectivity index (χ1n) is 5.89. The number of nitrogens with zero attached hydrogens (tertiary/aromatic N) is 1. The first-order valence-corrected chi connectivity index (χ1v) is 5.89. The Balaban J connectivity index is 2.45. The number of aliphatic hydroxyl groups excluding tert-OH is 1. The SMILES string of the molecule is Cc1cccc(C(=O)NCC(O)CC(C)C)n1. The van der Waals surface area contributed by atoms with Gasteiger partial charge in [0.25, 0.3) is 5.91 Å². The van der Waals surface area contributed by atoms with E-state index in [9.17, 15) is 9.90 Å². The molecule has 1 unspecified atom stereocenters. The molecule has 0 bridgehead atoms. The molecule has 0 aliphatic heterocycles. The molecule has 0 radical (unpaired) electrons. The third kappa shape index (κ3) is 4.95. The molecule has 1 aromatic rings. The lowest BCUT2D eigenvalue weighted by Crippen LogP contribution is -2.33. The zero-order valence-electron chi connectivity index (χ0n) is 10.6. The van der Waals surface area contributed by atoms with Crippen molar-refractivity contribution in [1.82, 2.24) is 10.3 Å². The molecule has 0 saturated heterocycles. The summed E-state index contributed by atoms with van der Waals surface area (Å²) in [6.45, 7) is 6.18. The van der Waals surface area contributed by atoms with Crippen molar-refractivity contribution in [3.8, 4) is 0 Å². The highest BCUT2D eigenvalue weighted by molar-refractivity contribution is 5.92. The third-order valence-corrected chi connectivity index (χ3v) is 2.36. The minimum atomic E-state index is -0.497. The summed E-state index contributed by atoms with van der Waals surface area (Å²) in [5.41, 5.74) is 1.20. The standard InChI is InChI=1S/C13H20N2O2/c1-9(2)7-11(16)8-14-13(17)12-6-4-5-10(3)15-12/h4-6,9,11,16H,7-8H2,1-3H3,(H,14,17). The predicted molar refractivity (Wildman–Crippen MR) is 66.8 cm³/mol. The van der Waals surface area contributed by atoms with E-state index in [0.717, 1.165) is 5.69 Å². The lowest BCUT2D eigenvalue weighted by atomic mass is 10.1. The molecule has 0 aliphatic rings. The number of nitrogens with one attached hydrogen (secondary N) is 1. The van der Waals surface area contributed by atoms with Crippen LogP contribution in [0, 0.1) is 12.8 Å². The number of pyridine rings is 1. The van der Waals surface area contributed by atoms with E-state index < -0.39 is 6.10 Å². The zero-order chi connectivity index (χ0) is 12.8. The summed E-state index contributed by atoms with van der Waals surface area (Å²) >= 11 is 0. The van der Waals surface area contributed by atoms with Crippen LogP contribution in [0.15, 0.2) is 18.2 Å². The minimum Gasteiger partial charge on any atom is -0.391 e. The van der Waals surface area contributed by atoms with Gasteiger partial charge in [0.1, 0.15) is 5.69 Å². The van der Waals surface area contributed by atoms with Crippen molar-refractivity contribution in [2.45, 2.75) is 33.3 Å². The van der Waals surface area contributed by atoms with Gasteiger partial charge in [0, 0.05) is 12.2 Å². The van der Waals surface area contributed by atoms with Crippen LogP contribution < -0.4 is 5.32 Å². The number of hydrogen-bond acceptors (Lipinski definition) is 3. The molecule has 1 rings (SSSR count). The van der Waals surface area contributed by atoms with Gasteiger partial charge >= 0.3 is 0 Å². The molecule has 4 heteroatoms. The molecule has 0 aliphatic carbocycles. The summed E-state index contributed by atoms with van der Waals surface area (Å²) < 4.78 is 0. The predicted octanol–water partition coefficient (Wildman–Crippen LogP) is 1.53. The molecule has 0 spiro atoms. The average molecular weight is 236 g/mol. The van der Waals surface area contributed by atoms with E-state index in [2.05, 4.69) is 10.3 Å². The molecule has 1 aromatic heterocycles. The number of hydrogen-bond donors (Lipinski definition) is 2. The molecule has 17 heavy (non-hydrogen) atoms. The molecule has 0 aromatic carbocycles. The number of amides is 1. The number of aliphatic hydroxyl groups is 1. The maximum absolute atomic E-state index is 11.7. The van der Waals surface area contributed by atoms with E-state index in [1.807, 2.05) is 26.8 Å². The van der Waals surface area contributed by atoms with E-state index in [4.69, 9.17) is 0 Å². The molecule has 0 saturated carbocycles. The highest BCUT2D eigenvalue weighted by atomic mass is 16.3. The maximum atomic E-state index is 11.7. The smallest absolute Gasteiger partial charge is 0.269 e. The van der Waals surface area contributed by atoms with E-state index in [-0.39, 0.29) is 12.5 Å². The lowest BCUT2D eigenvalue weighted by molar-refractivity contribution is 0.0895. The summed E-state index contributed by atoms with van der Waals surface area (Å²) in [6.07, 6.45) is 0.186. The second-order valence-corrected chi connectivity index (χ2v) is 4.66. The minimum absolute atomic E-state index is 0.239. The van der Waals surface area contributed by atoms with Gasteiger partial charge in [-0.25, -0.2) is 4.98 Å². The van der Waals surface area contributed by atoms with E-state index in [1.54, 1.807) is 12.1 Å². The van der Waals surface area contributed by atoms with Crippen LogP contribution in [0.5, 0.6) is 0 Å². The quantitative estimate of drug-likeness (QED) is 0.815. The Kier molecular flexibility index (Phi) is 5.10. The summed E-state index contributed by atoms with van der Waals surface area (Å²) in [6, 6.07) is 5.29. The number of aromatic nitrogens is 1. The molecule has 2 N–H and O–H groups in total. The van der Waals surface area contributed by atoms with Crippen LogP contribution in [0.25, 0.3) is 0 Å². The molecular weight excluding hydrogens is 216 g/mol. The van der Waals surface area contributed by atoms with Crippen molar-refractivity contribution in [1.29, 1.82) is 0 Å². The van der Waals surface area contributed by atoms with Crippen LogP contribution in [0.2, 0.25) is 0 Å². The van der Waals surface area contributed by atoms with Gasteiger partial charge in [0.05, 0.1) is 6.10 Å². The molecule has 94 valence electrons. The Morgan fingerprint density at radius 1 is 1.47 bits per heavy atom. The summed E-state index contributed by atoms with van der Waals surface area (Å²) in [5, 5.41) is 12.3. The molecule has 1 amide bonds. The fourth-order valence-corrected chi connectivity index (χ4v) is 1.60. The van der Waals surface area contributed by atoms with Gasteiger partial charge < -0.3 is 10.4 Å². The van der Waals surface area contributed by atoms with Gasteiger partial charge in [0.15, 0.2) is 0 Å². The number of carbonyl (C=O) groups excluding carboxylic acids is 1. The van der Waals surface area contributed by atoms with Gasteiger partial charge in [-0.05, 0) is 31.4 Å². The normalized spacial score (nSPS) is 12.5. The molecule has 4 nitrogen and oxygen atoms in total. The Morgan fingerprint density at radius 2 is 2.18 bits per heavy atom. The van der Waals surface area contributed by atoms with Crippen LogP contribution in [0.3, 0.4) is 0 Å². The first-order chi connectivity index (χ1) is 7.99. The molecule has 0 fully saturated rings. The van der Waals surface area contributed by atoms with Crippen LogP contribution in [-0.2, 0) is 0 Å². The second kappa shape index (κ2) is 6.35. The monoisotopic (exact) mass is 236 g/mol. The first kappa shape index (κ1) is 13.6. The second-order valence-electron chi connectivity index (χ2n) is 4.66. The molecular formula is C13H20N2O2. The molecule has 1 heterocycles. The van der Waals surface area contributed by atoms with Gasteiger partial charge in [0.2, 0.25) is 0 Å². The van der Waals surface area contributed by atoms with Gasteiger partial charge in [-0.1, -0.05) is 19.9 Å². The van der Waals surface area contributed by atoms with Crippen molar-refractivity contribution in [2.75, 3.05) is 6.54 Å². The topological polar surface area (TPSA) is 62.2 Å². The van der Waals surface area contributed by atoms with Crippen molar-refractivity contribution < 1.29 is 9.90 Å². The summed E-state index contributed by atoms with van der Waals surface area (Å²) in [7, 11) is 0. The third-order valence-electron chi connectivity index (χ3n) is 2.36. The van der Waals surface area contributed by atoms with E-state index in [0.29, 0.717) is 18.0 Å². The average Bonchev–Trinajstić information content (AvgIpc) is 2.25. The fraction of sp³-hybridized carbons (Fsp3) is 0.538. The highest BCUT2D eigenvalue weighted by Gasteiger charge is 2.11. The lowest BCUT2D eigenvalue weighted by Gasteiger charge is -2.13. The Morgan fingerprint density at radius 3 is 2.76 bits per heavy atom. The number of carbonyl (C=O) groups is 1. The largest absolute Gasteiger partial charge is 0.391 e. The van der Waals surface area contributed by atoms with Crippen LogP contribution >= 0.6 is 0 Å². The maximum Gasteiger partial charge on any atom is 0.269 e. The summed E-state index contributed by atoms with van der Waals surface area (Å²) in [4.78, 5) is 15.8.